The number of carbonyl (C=O) groups excluding carboxylic acids is 4. The molecule has 1 heterocycles. The van der Waals surface area contributed by atoms with Crippen LogP contribution in [0.4, 0.5) is 10.5 Å². The smallest absolute Gasteiger partial charge is 0.339 e. The lowest BCUT2D eigenvalue weighted by Crippen LogP contribution is -2.36. The van der Waals surface area contributed by atoms with E-state index in [2.05, 4.69) is 10.1 Å². The van der Waals surface area contributed by atoms with E-state index in [9.17, 15) is 19.2 Å². The van der Waals surface area contributed by atoms with Crippen molar-refractivity contribution in [1.82, 2.24) is 4.90 Å². The van der Waals surface area contributed by atoms with Gasteiger partial charge in [-0.3, -0.25) is 19.3 Å². The van der Waals surface area contributed by atoms with Gasteiger partial charge >= 0.3 is 5.97 Å². The van der Waals surface area contributed by atoms with Crippen LogP contribution < -0.4 is 10.1 Å². The second kappa shape index (κ2) is 11.1. The first-order valence-electron chi connectivity index (χ1n) is 11.3. The number of methoxy groups -OCH3 is 1. The molecule has 3 aromatic rings. The number of imide groups is 1. The van der Waals surface area contributed by atoms with Gasteiger partial charge in [-0.1, -0.05) is 41.9 Å². The van der Waals surface area contributed by atoms with E-state index < -0.39 is 29.6 Å². The van der Waals surface area contributed by atoms with Crippen molar-refractivity contribution in [2.75, 3.05) is 19.0 Å². The molecule has 4 rings (SSSR count). The molecular weight excluding hydrogens is 516 g/mol. The highest BCUT2D eigenvalue weighted by Gasteiger charge is 2.36. The number of amides is 3. The van der Waals surface area contributed by atoms with Crippen LogP contribution >= 0.6 is 23.4 Å². The number of ether oxygens (including phenoxy) is 2. The van der Waals surface area contributed by atoms with Crippen molar-refractivity contribution >= 4 is 68.9 Å². The van der Waals surface area contributed by atoms with Crippen LogP contribution in [0.3, 0.4) is 0 Å². The SMILES string of the molecule is COC(=O)c1cc(NC(=O)CN2C(=O)S/C(=C\c3c(OC(C)C)ccc4ccccc34)C2=O)ccc1Cl. The Bertz CT molecular complexity index is 1450. The van der Waals surface area contributed by atoms with Crippen LogP contribution in [-0.4, -0.2) is 47.7 Å². The molecule has 0 aromatic heterocycles. The van der Waals surface area contributed by atoms with Crippen LogP contribution in [0.25, 0.3) is 16.8 Å². The topological polar surface area (TPSA) is 102 Å². The molecule has 10 heteroatoms. The number of rotatable bonds is 7. The van der Waals surface area contributed by atoms with E-state index in [1.54, 1.807) is 6.08 Å². The van der Waals surface area contributed by atoms with Gasteiger partial charge in [-0.2, -0.15) is 0 Å². The van der Waals surface area contributed by atoms with Crippen molar-refractivity contribution in [2.24, 2.45) is 0 Å². The van der Waals surface area contributed by atoms with Gasteiger partial charge < -0.3 is 14.8 Å². The van der Waals surface area contributed by atoms with Gasteiger partial charge in [0.05, 0.1) is 28.7 Å². The molecule has 8 nitrogen and oxygen atoms in total. The van der Waals surface area contributed by atoms with Crippen LogP contribution in [0.15, 0.2) is 59.5 Å². The van der Waals surface area contributed by atoms with Crippen LogP contribution in [-0.2, 0) is 14.3 Å². The summed E-state index contributed by atoms with van der Waals surface area (Å²) in [6.07, 6.45) is 1.53. The summed E-state index contributed by atoms with van der Waals surface area (Å²) in [5.41, 5.74) is 1.02. The lowest BCUT2D eigenvalue weighted by molar-refractivity contribution is -0.127. The number of hydrogen-bond donors (Lipinski definition) is 1. The van der Waals surface area contributed by atoms with Crippen molar-refractivity contribution in [1.29, 1.82) is 0 Å². The number of esters is 1. The molecule has 1 fully saturated rings. The first-order chi connectivity index (χ1) is 17.7. The number of hydrogen-bond acceptors (Lipinski definition) is 7. The largest absolute Gasteiger partial charge is 0.490 e. The zero-order valence-electron chi connectivity index (χ0n) is 20.2. The minimum Gasteiger partial charge on any atom is -0.490 e. The number of fused-ring (bicyclic) bond motifs is 1. The number of carbonyl (C=O) groups is 4. The molecule has 0 bridgehead atoms. The quantitative estimate of drug-likeness (QED) is 0.302. The molecule has 0 radical (unpaired) electrons. The average Bonchev–Trinajstić information content (AvgIpc) is 3.13. The number of thioether (sulfide) groups is 1. The second-order valence-corrected chi connectivity index (χ2v) is 9.77. The zero-order chi connectivity index (χ0) is 26.7. The first kappa shape index (κ1) is 26.2. The standard InChI is InChI=1S/C27H23ClN2O6S/c1-15(2)36-22-11-8-16-6-4-5-7-18(16)19(22)13-23-25(32)30(27(34)37-23)14-24(31)29-17-9-10-21(28)20(12-17)26(33)35-3/h4-13,15H,14H2,1-3H3,(H,29,31)/b23-13-. The van der Waals surface area contributed by atoms with E-state index in [0.29, 0.717) is 11.3 Å². The highest BCUT2D eigenvalue weighted by molar-refractivity contribution is 8.18. The molecule has 190 valence electrons. The number of nitrogens with one attached hydrogen (secondary N) is 1. The van der Waals surface area contributed by atoms with Gasteiger partial charge in [0, 0.05) is 11.3 Å². The third-order valence-corrected chi connectivity index (χ3v) is 6.64. The Balaban J connectivity index is 1.56. The Morgan fingerprint density at radius 2 is 1.86 bits per heavy atom. The van der Waals surface area contributed by atoms with Gasteiger partial charge in [-0.25, -0.2) is 4.79 Å². The number of anilines is 1. The van der Waals surface area contributed by atoms with Crippen molar-refractivity contribution < 1.29 is 28.7 Å². The predicted molar refractivity (Wildman–Crippen MR) is 144 cm³/mol. The average molecular weight is 539 g/mol. The van der Waals surface area contributed by atoms with Gasteiger partial charge in [0.2, 0.25) is 5.91 Å². The fraction of sp³-hybridized carbons (Fsp3) is 0.185. The number of benzene rings is 3. The maximum absolute atomic E-state index is 13.1. The van der Waals surface area contributed by atoms with E-state index >= 15 is 0 Å². The van der Waals surface area contributed by atoms with Gasteiger partial charge in [0.15, 0.2) is 0 Å². The van der Waals surface area contributed by atoms with Crippen LogP contribution in [0.2, 0.25) is 5.02 Å². The normalized spacial score (nSPS) is 14.5. The molecule has 0 unspecified atom stereocenters. The maximum atomic E-state index is 13.1. The van der Waals surface area contributed by atoms with Crippen LogP contribution in [0.5, 0.6) is 5.75 Å². The Morgan fingerprint density at radius 1 is 1.11 bits per heavy atom. The van der Waals surface area contributed by atoms with Crippen molar-refractivity contribution in [3.05, 3.63) is 75.7 Å². The molecule has 0 saturated carbocycles. The van der Waals surface area contributed by atoms with Gasteiger partial charge in [-0.05, 0) is 66.7 Å². The summed E-state index contributed by atoms with van der Waals surface area (Å²) in [6.45, 7) is 3.31. The van der Waals surface area contributed by atoms with Crippen LogP contribution in [0.1, 0.15) is 29.8 Å². The molecule has 3 aromatic carbocycles. The molecule has 3 amide bonds. The molecule has 1 N–H and O–H groups in total. The minimum atomic E-state index is -0.661. The Labute approximate surface area is 222 Å². The Kier molecular flexibility index (Phi) is 7.85. The highest BCUT2D eigenvalue weighted by atomic mass is 35.5. The number of halogens is 1. The molecule has 0 aliphatic carbocycles. The number of nitrogens with zero attached hydrogens (tertiary/aromatic N) is 1. The monoisotopic (exact) mass is 538 g/mol. The summed E-state index contributed by atoms with van der Waals surface area (Å²) in [5.74, 6) is -1.27. The summed E-state index contributed by atoms with van der Waals surface area (Å²) in [6, 6.07) is 15.7. The summed E-state index contributed by atoms with van der Waals surface area (Å²) in [7, 11) is 1.22. The van der Waals surface area contributed by atoms with Crippen molar-refractivity contribution in [3.8, 4) is 5.75 Å². The maximum Gasteiger partial charge on any atom is 0.339 e. The second-order valence-electron chi connectivity index (χ2n) is 8.37. The van der Waals surface area contributed by atoms with Gasteiger partial charge in [0.25, 0.3) is 11.1 Å². The molecule has 0 atom stereocenters. The highest BCUT2D eigenvalue weighted by Crippen LogP contribution is 2.37. The summed E-state index contributed by atoms with van der Waals surface area (Å²) in [5, 5.41) is 4.00. The fourth-order valence-corrected chi connectivity index (χ4v) is 4.78. The third kappa shape index (κ3) is 5.79. The minimum absolute atomic E-state index is 0.0746. The zero-order valence-corrected chi connectivity index (χ0v) is 21.8. The van der Waals surface area contributed by atoms with E-state index in [1.165, 1.54) is 25.3 Å². The van der Waals surface area contributed by atoms with E-state index in [-0.39, 0.29) is 27.3 Å². The first-order valence-corrected chi connectivity index (χ1v) is 12.5. The molecular formula is C27H23ClN2O6S. The summed E-state index contributed by atoms with van der Waals surface area (Å²) < 4.78 is 10.6. The molecule has 1 aliphatic heterocycles. The summed E-state index contributed by atoms with van der Waals surface area (Å²) >= 11 is 6.77. The van der Waals surface area contributed by atoms with Crippen LogP contribution in [0, 0.1) is 0 Å². The Hall–Kier alpha value is -3.82. The van der Waals surface area contributed by atoms with Crippen molar-refractivity contribution in [2.45, 2.75) is 20.0 Å². The molecule has 1 aliphatic rings. The van der Waals surface area contributed by atoms with Crippen molar-refractivity contribution in [3.63, 3.8) is 0 Å². The Morgan fingerprint density at radius 3 is 2.59 bits per heavy atom. The van der Waals surface area contributed by atoms with E-state index in [4.69, 9.17) is 16.3 Å². The fourth-order valence-electron chi connectivity index (χ4n) is 3.76. The predicted octanol–water partition coefficient (Wildman–Crippen LogP) is 5.74. The lowest BCUT2D eigenvalue weighted by Gasteiger charge is -2.15. The lowest BCUT2D eigenvalue weighted by atomic mass is 10.0. The van der Waals surface area contributed by atoms with E-state index in [1.807, 2.05) is 50.2 Å². The van der Waals surface area contributed by atoms with E-state index in [0.717, 1.165) is 27.4 Å². The van der Waals surface area contributed by atoms with Gasteiger partial charge in [-0.15, -0.1) is 0 Å². The molecule has 37 heavy (non-hydrogen) atoms. The third-order valence-electron chi connectivity index (χ3n) is 5.40. The molecule has 1 saturated heterocycles. The summed E-state index contributed by atoms with van der Waals surface area (Å²) in [4.78, 5) is 51.3. The molecule has 0 spiro atoms. The van der Waals surface area contributed by atoms with Gasteiger partial charge in [0.1, 0.15) is 12.3 Å².